The van der Waals surface area contributed by atoms with Crippen molar-refractivity contribution in [2.75, 3.05) is 31.3 Å². The number of carbonyl (C=O) groups is 1. The van der Waals surface area contributed by atoms with Crippen molar-refractivity contribution < 1.29 is 13.2 Å². The molecule has 1 amide bonds. The number of sulfonamides is 1. The molecular weight excluding hydrogens is 326 g/mol. The number of anilines is 2. The smallest absolute Gasteiger partial charge is 0.242 e. The Balaban J connectivity index is 2.31. The van der Waals surface area contributed by atoms with Gasteiger partial charge in [-0.15, -0.1) is 0 Å². The minimum Gasteiger partial charge on any atom is -0.384 e. The van der Waals surface area contributed by atoms with Crippen LogP contribution >= 0.6 is 0 Å². The van der Waals surface area contributed by atoms with Crippen LogP contribution in [0.4, 0.5) is 11.4 Å². The molecule has 0 saturated heterocycles. The number of carbonyl (C=O) groups excluding carboxylic acids is 1. The predicted octanol–water partition coefficient (Wildman–Crippen LogP) is 2.66. The summed E-state index contributed by atoms with van der Waals surface area (Å²) >= 11 is 0. The molecule has 1 aliphatic carbocycles. The van der Waals surface area contributed by atoms with Crippen LogP contribution in [0.1, 0.15) is 26.2 Å². The molecule has 1 aromatic rings. The van der Waals surface area contributed by atoms with Gasteiger partial charge in [0.2, 0.25) is 15.9 Å². The van der Waals surface area contributed by atoms with E-state index < -0.39 is 10.0 Å². The zero-order valence-corrected chi connectivity index (χ0v) is 15.2. The van der Waals surface area contributed by atoms with Crippen molar-refractivity contribution in [3.05, 3.63) is 30.4 Å². The third-order valence-corrected chi connectivity index (χ3v) is 5.85. The molecule has 2 N–H and O–H groups in total. The molecule has 0 fully saturated rings. The van der Waals surface area contributed by atoms with E-state index in [4.69, 9.17) is 0 Å². The SMILES string of the molecule is CCNc1ccc(S(=O)(=O)N(C)C)cc1NC(=O)[C@@H]1CC=CCC1. The number of amides is 1. The van der Waals surface area contributed by atoms with E-state index in [0.717, 1.165) is 29.3 Å². The summed E-state index contributed by atoms with van der Waals surface area (Å²) in [6.45, 7) is 2.62. The fraction of sp³-hybridized carbons (Fsp3) is 0.471. The zero-order chi connectivity index (χ0) is 17.7. The molecule has 0 bridgehead atoms. The Bertz CT molecular complexity index is 727. The molecule has 0 saturated carbocycles. The highest BCUT2D eigenvalue weighted by Crippen LogP contribution is 2.28. The van der Waals surface area contributed by atoms with Crippen molar-refractivity contribution in [3.8, 4) is 0 Å². The Labute approximate surface area is 144 Å². The average Bonchev–Trinajstić information content (AvgIpc) is 2.57. The maximum absolute atomic E-state index is 12.5. The monoisotopic (exact) mass is 351 g/mol. The highest BCUT2D eigenvalue weighted by atomic mass is 32.2. The van der Waals surface area contributed by atoms with Crippen molar-refractivity contribution in [3.63, 3.8) is 0 Å². The van der Waals surface area contributed by atoms with Crippen LogP contribution in [-0.2, 0) is 14.8 Å². The lowest BCUT2D eigenvalue weighted by atomic mass is 9.93. The molecule has 0 aromatic heterocycles. The van der Waals surface area contributed by atoms with Crippen LogP contribution in [0.15, 0.2) is 35.2 Å². The molecule has 0 aliphatic heterocycles. The number of allylic oxidation sites excluding steroid dienone is 2. The summed E-state index contributed by atoms with van der Waals surface area (Å²) in [6, 6.07) is 4.76. The maximum atomic E-state index is 12.5. The van der Waals surface area contributed by atoms with E-state index in [1.165, 1.54) is 20.2 Å². The molecule has 24 heavy (non-hydrogen) atoms. The van der Waals surface area contributed by atoms with Gasteiger partial charge in [0.05, 0.1) is 16.3 Å². The van der Waals surface area contributed by atoms with Crippen molar-refractivity contribution in [2.45, 2.75) is 31.1 Å². The summed E-state index contributed by atoms with van der Waals surface area (Å²) in [5, 5.41) is 6.05. The highest BCUT2D eigenvalue weighted by molar-refractivity contribution is 7.89. The molecule has 0 heterocycles. The summed E-state index contributed by atoms with van der Waals surface area (Å²) in [5.41, 5.74) is 1.22. The molecule has 6 nitrogen and oxygen atoms in total. The molecule has 132 valence electrons. The van der Waals surface area contributed by atoms with Gasteiger partial charge in [0.15, 0.2) is 0 Å². The van der Waals surface area contributed by atoms with E-state index in [1.54, 1.807) is 12.1 Å². The number of hydrogen-bond donors (Lipinski definition) is 2. The number of benzene rings is 1. The number of nitrogens with zero attached hydrogens (tertiary/aromatic N) is 1. The summed E-state index contributed by atoms with van der Waals surface area (Å²) in [5.74, 6) is -0.142. The quantitative estimate of drug-likeness (QED) is 0.773. The second-order valence-corrected chi connectivity index (χ2v) is 8.15. The first-order valence-electron chi connectivity index (χ1n) is 8.12. The second kappa shape index (κ2) is 7.81. The van der Waals surface area contributed by atoms with Gasteiger partial charge in [-0.1, -0.05) is 12.2 Å². The number of rotatable bonds is 6. The maximum Gasteiger partial charge on any atom is 0.242 e. The molecule has 7 heteroatoms. The third-order valence-electron chi connectivity index (χ3n) is 4.03. The number of nitrogens with one attached hydrogen (secondary N) is 2. The van der Waals surface area contributed by atoms with Crippen LogP contribution < -0.4 is 10.6 Å². The van der Waals surface area contributed by atoms with E-state index in [2.05, 4.69) is 16.7 Å². The summed E-state index contributed by atoms with van der Waals surface area (Å²) < 4.78 is 25.8. The lowest BCUT2D eigenvalue weighted by Crippen LogP contribution is -2.25. The lowest BCUT2D eigenvalue weighted by molar-refractivity contribution is -0.120. The molecule has 1 aromatic carbocycles. The van der Waals surface area contributed by atoms with Gasteiger partial charge in [0.1, 0.15) is 0 Å². The van der Waals surface area contributed by atoms with Gasteiger partial charge in [-0.05, 0) is 44.4 Å². The van der Waals surface area contributed by atoms with Gasteiger partial charge >= 0.3 is 0 Å². The first-order chi connectivity index (χ1) is 11.4. The van der Waals surface area contributed by atoms with Gasteiger partial charge in [0, 0.05) is 26.6 Å². The molecule has 0 spiro atoms. The minimum atomic E-state index is -3.55. The molecule has 2 rings (SSSR count). The molecule has 0 radical (unpaired) electrons. The van der Waals surface area contributed by atoms with E-state index in [-0.39, 0.29) is 16.7 Å². The topological polar surface area (TPSA) is 78.5 Å². The highest BCUT2D eigenvalue weighted by Gasteiger charge is 2.22. The zero-order valence-electron chi connectivity index (χ0n) is 14.4. The van der Waals surface area contributed by atoms with E-state index >= 15 is 0 Å². The molecule has 1 atom stereocenters. The van der Waals surface area contributed by atoms with E-state index in [0.29, 0.717) is 12.2 Å². The summed E-state index contributed by atoms with van der Waals surface area (Å²) in [7, 11) is -0.576. The fourth-order valence-electron chi connectivity index (χ4n) is 2.61. The van der Waals surface area contributed by atoms with Crippen molar-refractivity contribution in [2.24, 2.45) is 5.92 Å². The predicted molar refractivity (Wildman–Crippen MR) is 96.6 cm³/mol. The summed E-state index contributed by atoms with van der Waals surface area (Å²) in [4.78, 5) is 12.6. The first-order valence-corrected chi connectivity index (χ1v) is 9.56. The standard InChI is InChI=1S/C17H25N3O3S/c1-4-18-15-11-10-14(24(22,23)20(2)3)12-16(15)19-17(21)13-8-6-5-7-9-13/h5-6,10-13,18H,4,7-9H2,1-3H3,(H,19,21)/t13-/m1/s1. The molecular formula is C17H25N3O3S. The molecule has 0 unspecified atom stereocenters. The Morgan fingerprint density at radius 2 is 2.00 bits per heavy atom. The second-order valence-electron chi connectivity index (χ2n) is 6.00. The van der Waals surface area contributed by atoms with E-state index in [9.17, 15) is 13.2 Å². The van der Waals surface area contributed by atoms with Gasteiger partial charge in [-0.3, -0.25) is 4.79 Å². The Hall–Kier alpha value is -1.86. The average molecular weight is 351 g/mol. The van der Waals surface area contributed by atoms with Gasteiger partial charge in [-0.25, -0.2) is 12.7 Å². The lowest BCUT2D eigenvalue weighted by Gasteiger charge is -2.20. The van der Waals surface area contributed by atoms with E-state index in [1.807, 2.05) is 13.0 Å². The van der Waals surface area contributed by atoms with Crippen molar-refractivity contribution in [1.82, 2.24) is 4.31 Å². The van der Waals surface area contributed by atoms with Crippen LogP contribution in [0.3, 0.4) is 0 Å². The third kappa shape index (κ3) is 4.15. The Morgan fingerprint density at radius 1 is 1.25 bits per heavy atom. The van der Waals surface area contributed by atoms with Crippen LogP contribution in [0.2, 0.25) is 0 Å². The molecule has 1 aliphatic rings. The van der Waals surface area contributed by atoms with Crippen LogP contribution in [0, 0.1) is 5.92 Å². The van der Waals surface area contributed by atoms with Crippen LogP contribution in [0.5, 0.6) is 0 Å². The van der Waals surface area contributed by atoms with Crippen molar-refractivity contribution in [1.29, 1.82) is 0 Å². The largest absolute Gasteiger partial charge is 0.384 e. The minimum absolute atomic E-state index is 0.0708. The van der Waals surface area contributed by atoms with Crippen LogP contribution in [-0.4, -0.2) is 39.3 Å². The number of hydrogen-bond acceptors (Lipinski definition) is 4. The summed E-state index contributed by atoms with van der Waals surface area (Å²) in [6.07, 6.45) is 6.53. The normalized spacial score (nSPS) is 17.8. The van der Waals surface area contributed by atoms with Gasteiger partial charge in [0.25, 0.3) is 0 Å². The van der Waals surface area contributed by atoms with Gasteiger partial charge < -0.3 is 10.6 Å². The fourth-order valence-corrected chi connectivity index (χ4v) is 3.54. The van der Waals surface area contributed by atoms with Gasteiger partial charge in [-0.2, -0.15) is 0 Å². The Morgan fingerprint density at radius 3 is 2.58 bits per heavy atom. The van der Waals surface area contributed by atoms with Crippen molar-refractivity contribution >= 4 is 27.3 Å². The first kappa shape index (κ1) is 18.5. The van der Waals surface area contributed by atoms with Crippen LogP contribution in [0.25, 0.3) is 0 Å². The Kier molecular flexibility index (Phi) is 6.01.